The molecule has 2 rings (SSSR count). The smallest absolute Gasteiger partial charge is 0.123 e. The molecule has 0 saturated carbocycles. The normalized spacial score (nSPS) is 23.6. The van der Waals surface area contributed by atoms with Gasteiger partial charge in [-0.3, -0.25) is 10.3 Å². The third-order valence-electron chi connectivity index (χ3n) is 4.40. The second-order valence-corrected chi connectivity index (χ2v) is 5.92. The van der Waals surface area contributed by atoms with Crippen molar-refractivity contribution in [2.24, 2.45) is 17.6 Å². The van der Waals surface area contributed by atoms with E-state index in [9.17, 15) is 0 Å². The SMILES string of the molecule is COc1ccc(C(=N)N)cc1CN1CCC(C)C(C)C1. The Labute approximate surface area is 121 Å². The van der Waals surface area contributed by atoms with E-state index in [4.69, 9.17) is 15.9 Å². The number of benzene rings is 1. The maximum atomic E-state index is 7.56. The summed E-state index contributed by atoms with van der Waals surface area (Å²) in [7, 11) is 1.69. The number of nitrogen functional groups attached to an aromatic ring is 1. The van der Waals surface area contributed by atoms with Crippen molar-refractivity contribution in [1.29, 1.82) is 5.41 Å². The van der Waals surface area contributed by atoms with Crippen molar-refractivity contribution in [3.05, 3.63) is 29.3 Å². The Morgan fingerprint density at radius 3 is 2.75 bits per heavy atom. The number of methoxy groups -OCH3 is 1. The minimum atomic E-state index is 0.106. The molecule has 2 unspecified atom stereocenters. The number of rotatable bonds is 4. The van der Waals surface area contributed by atoms with Crippen LogP contribution >= 0.6 is 0 Å². The highest BCUT2D eigenvalue weighted by atomic mass is 16.5. The molecule has 1 saturated heterocycles. The van der Waals surface area contributed by atoms with Gasteiger partial charge in [-0.25, -0.2) is 0 Å². The molecule has 0 bridgehead atoms. The van der Waals surface area contributed by atoms with E-state index in [0.29, 0.717) is 0 Å². The first-order chi connectivity index (χ1) is 9.51. The molecule has 4 heteroatoms. The second-order valence-electron chi connectivity index (χ2n) is 5.92. The van der Waals surface area contributed by atoms with E-state index in [0.717, 1.165) is 48.3 Å². The van der Waals surface area contributed by atoms with Gasteiger partial charge in [-0.1, -0.05) is 13.8 Å². The average molecular weight is 275 g/mol. The van der Waals surface area contributed by atoms with Crippen molar-refractivity contribution in [3.63, 3.8) is 0 Å². The Bertz CT molecular complexity index is 487. The molecule has 3 N–H and O–H groups in total. The molecule has 1 fully saturated rings. The van der Waals surface area contributed by atoms with Crippen LogP contribution in [0.1, 0.15) is 31.4 Å². The summed E-state index contributed by atoms with van der Waals surface area (Å²) in [5, 5.41) is 7.56. The summed E-state index contributed by atoms with van der Waals surface area (Å²) >= 11 is 0. The van der Waals surface area contributed by atoms with Crippen LogP contribution in [0.5, 0.6) is 5.75 Å². The van der Waals surface area contributed by atoms with E-state index >= 15 is 0 Å². The Hall–Kier alpha value is -1.55. The lowest BCUT2D eigenvalue weighted by Crippen LogP contribution is -2.37. The van der Waals surface area contributed by atoms with Gasteiger partial charge in [-0.05, 0) is 43.0 Å². The van der Waals surface area contributed by atoms with Gasteiger partial charge in [-0.15, -0.1) is 0 Å². The molecule has 0 aromatic heterocycles. The summed E-state index contributed by atoms with van der Waals surface area (Å²) in [6.07, 6.45) is 1.25. The molecule has 1 aliphatic rings. The summed E-state index contributed by atoms with van der Waals surface area (Å²) in [4.78, 5) is 2.46. The molecule has 2 atom stereocenters. The average Bonchev–Trinajstić information content (AvgIpc) is 2.42. The Morgan fingerprint density at radius 2 is 2.15 bits per heavy atom. The van der Waals surface area contributed by atoms with Gasteiger partial charge in [-0.2, -0.15) is 0 Å². The number of ether oxygens (including phenoxy) is 1. The third-order valence-corrected chi connectivity index (χ3v) is 4.40. The van der Waals surface area contributed by atoms with Gasteiger partial charge >= 0.3 is 0 Å². The van der Waals surface area contributed by atoms with E-state index in [2.05, 4.69) is 18.7 Å². The van der Waals surface area contributed by atoms with Crippen LogP contribution in [-0.2, 0) is 6.54 Å². The molecule has 4 nitrogen and oxygen atoms in total. The van der Waals surface area contributed by atoms with Crippen molar-refractivity contribution in [2.45, 2.75) is 26.8 Å². The predicted octanol–water partition coefficient (Wildman–Crippen LogP) is 2.46. The minimum Gasteiger partial charge on any atom is -0.496 e. The first kappa shape index (κ1) is 14.9. The summed E-state index contributed by atoms with van der Waals surface area (Å²) in [5.41, 5.74) is 7.45. The number of likely N-dealkylation sites (tertiary alicyclic amines) is 1. The van der Waals surface area contributed by atoms with Crippen LogP contribution in [0.3, 0.4) is 0 Å². The van der Waals surface area contributed by atoms with Crippen molar-refractivity contribution >= 4 is 5.84 Å². The standard InChI is InChI=1S/C16H25N3O/c1-11-6-7-19(9-12(11)2)10-14-8-13(16(17)18)4-5-15(14)20-3/h4-5,8,11-12H,6-7,9-10H2,1-3H3,(H3,17,18). The molecule has 1 aliphatic heterocycles. The summed E-state index contributed by atoms with van der Waals surface area (Å²) in [5.74, 6) is 2.51. The quantitative estimate of drug-likeness (QED) is 0.655. The zero-order chi connectivity index (χ0) is 14.7. The van der Waals surface area contributed by atoms with Crippen LogP contribution in [0.4, 0.5) is 0 Å². The van der Waals surface area contributed by atoms with E-state index in [1.807, 2.05) is 18.2 Å². The van der Waals surface area contributed by atoms with E-state index in [1.54, 1.807) is 7.11 Å². The zero-order valence-electron chi connectivity index (χ0n) is 12.6. The van der Waals surface area contributed by atoms with Crippen LogP contribution in [0.15, 0.2) is 18.2 Å². The molecule has 0 aliphatic carbocycles. The fourth-order valence-corrected chi connectivity index (χ4v) is 2.80. The molecular weight excluding hydrogens is 250 g/mol. The van der Waals surface area contributed by atoms with Gasteiger partial charge in [0.2, 0.25) is 0 Å². The summed E-state index contributed by atoms with van der Waals surface area (Å²) < 4.78 is 5.43. The zero-order valence-corrected chi connectivity index (χ0v) is 12.6. The number of amidine groups is 1. The highest BCUT2D eigenvalue weighted by Gasteiger charge is 2.23. The van der Waals surface area contributed by atoms with Gasteiger partial charge < -0.3 is 10.5 Å². The maximum Gasteiger partial charge on any atom is 0.123 e. The van der Waals surface area contributed by atoms with Gasteiger partial charge in [0, 0.05) is 24.2 Å². The summed E-state index contributed by atoms with van der Waals surface area (Å²) in [6.45, 7) is 7.76. The number of nitrogens with zero attached hydrogens (tertiary/aromatic N) is 1. The van der Waals surface area contributed by atoms with Crippen molar-refractivity contribution < 1.29 is 4.74 Å². The number of hydrogen-bond donors (Lipinski definition) is 2. The molecule has 1 aromatic rings. The topological polar surface area (TPSA) is 62.3 Å². The molecule has 20 heavy (non-hydrogen) atoms. The van der Waals surface area contributed by atoms with Crippen molar-refractivity contribution in [3.8, 4) is 5.75 Å². The minimum absolute atomic E-state index is 0.106. The van der Waals surface area contributed by atoms with Gasteiger partial charge in [0.05, 0.1) is 7.11 Å². The lowest BCUT2D eigenvalue weighted by molar-refractivity contribution is 0.131. The molecule has 1 aromatic carbocycles. The Morgan fingerprint density at radius 1 is 1.40 bits per heavy atom. The van der Waals surface area contributed by atoms with Crippen molar-refractivity contribution in [1.82, 2.24) is 4.90 Å². The fraction of sp³-hybridized carbons (Fsp3) is 0.562. The van der Waals surface area contributed by atoms with E-state index in [-0.39, 0.29) is 5.84 Å². The Kier molecular flexibility index (Phi) is 4.65. The highest BCUT2D eigenvalue weighted by Crippen LogP contribution is 2.27. The first-order valence-electron chi connectivity index (χ1n) is 7.25. The molecule has 0 amide bonds. The molecule has 0 radical (unpaired) electrons. The number of hydrogen-bond acceptors (Lipinski definition) is 3. The van der Waals surface area contributed by atoms with Crippen LogP contribution in [0.2, 0.25) is 0 Å². The van der Waals surface area contributed by atoms with Crippen LogP contribution in [-0.4, -0.2) is 30.9 Å². The van der Waals surface area contributed by atoms with E-state index in [1.165, 1.54) is 6.42 Å². The lowest BCUT2D eigenvalue weighted by atomic mass is 9.88. The van der Waals surface area contributed by atoms with Crippen molar-refractivity contribution in [2.75, 3.05) is 20.2 Å². The van der Waals surface area contributed by atoms with Gasteiger partial charge in [0.15, 0.2) is 0 Å². The number of nitrogens with two attached hydrogens (primary N) is 1. The summed E-state index contributed by atoms with van der Waals surface area (Å²) in [6, 6.07) is 5.72. The molecular formula is C16H25N3O. The largest absolute Gasteiger partial charge is 0.496 e. The van der Waals surface area contributed by atoms with Gasteiger partial charge in [0.25, 0.3) is 0 Å². The third kappa shape index (κ3) is 3.31. The highest BCUT2D eigenvalue weighted by molar-refractivity contribution is 5.95. The molecule has 110 valence electrons. The fourth-order valence-electron chi connectivity index (χ4n) is 2.80. The Balaban J connectivity index is 2.15. The van der Waals surface area contributed by atoms with Crippen LogP contribution in [0.25, 0.3) is 0 Å². The monoisotopic (exact) mass is 275 g/mol. The first-order valence-corrected chi connectivity index (χ1v) is 7.25. The van der Waals surface area contributed by atoms with Gasteiger partial charge in [0.1, 0.15) is 11.6 Å². The lowest BCUT2D eigenvalue weighted by Gasteiger charge is -2.35. The van der Waals surface area contributed by atoms with E-state index < -0.39 is 0 Å². The number of piperidine rings is 1. The van der Waals surface area contributed by atoms with Crippen LogP contribution < -0.4 is 10.5 Å². The predicted molar refractivity (Wildman–Crippen MR) is 82.2 cm³/mol. The second kappa shape index (κ2) is 6.27. The number of nitrogens with one attached hydrogen (secondary N) is 1. The molecule has 1 heterocycles. The maximum absolute atomic E-state index is 7.56. The van der Waals surface area contributed by atoms with Crippen LogP contribution in [0, 0.1) is 17.2 Å². The molecule has 0 spiro atoms.